The summed E-state index contributed by atoms with van der Waals surface area (Å²) in [6.07, 6.45) is 3.34. The van der Waals surface area contributed by atoms with E-state index in [-0.39, 0.29) is 10.9 Å². The van der Waals surface area contributed by atoms with E-state index in [1.807, 2.05) is 13.8 Å². The van der Waals surface area contributed by atoms with Crippen LogP contribution in [-0.2, 0) is 10.0 Å². The standard InChI is InChI=1S/C18H22N4O3S/c1-13-5-6-16(12-19-13)21-18(23)20-15-7-9-17(10-8-15)26(24,25)22-11-3-4-14(22)2/h5-10,12,14H,3-4,11H2,1-2H3,(H2,20,21,23)/t14-/m1/s1. The number of anilines is 2. The van der Waals surface area contributed by atoms with E-state index in [0.29, 0.717) is 17.9 Å². The molecule has 2 heterocycles. The second kappa shape index (κ2) is 7.43. The molecule has 7 nitrogen and oxygen atoms in total. The lowest BCUT2D eigenvalue weighted by Crippen LogP contribution is -2.33. The number of rotatable bonds is 4. The number of nitrogens with one attached hydrogen (secondary N) is 2. The number of nitrogens with zero attached hydrogens (tertiary/aromatic N) is 2. The summed E-state index contributed by atoms with van der Waals surface area (Å²) in [5, 5.41) is 5.35. The predicted octanol–water partition coefficient (Wildman–Crippen LogP) is 3.21. The zero-order valence-corrected chi connectivity index (χ0v) is 15.6. The second-order valence-electron chi connectivity index (χ2n) is 6.40. The molecule has 0 bridgehead atoms. The summed E-state index contributed by atoms with van der Waals surface area (Å²) >= 11 is 0. The monoisotopic (exact) mass is 374 g/mol. The number of aromatic nitrogens is 1. The first-order valence-electron chi connectivity index (χ1n) is 8.49. The van der Waals surface area contributed by atoms with Gasteiger partial charge < -0.3 is 10.6 Å². The van der Waals surface area contributed by atoms with E-state index in [2.05, 4.69) is 15.6 Å². The lowest BCUT2D eigenvalue weighted by molar-refractivity contribution is 0.262. The molecule has 1 aliphatic heterocycles. The third-order valence-electron chi connectivity index (χ3n) is 4.38. The first kappa shape index (κ1) is 18.3. The molecule has 1 atom stereocenters. The fourth-order valence-electron chi connectivity index (χ4n) is 2.94. The fraction of sp³-hybridized carbons (Fsp3) is 0.333. The Kier molecular flexibility index (Phi) is 5.24. The lowest BCUT2D eigenvalue weighted by atomic mass is 10.3. The molecule has 0 spiro atoms. The van der Waals surface area contributed by atoms with E-state index in [1.165, 1.54) is 16.4 Å². The predicted molar refractivity (Wildman–Crippen MR) is 101 cm³/mol. The maximum atomic E-state index is 12.7. The Bertz CT molecular complexity index is 880. The van der Waals surface area contributed by atoms with Crippen LogP contribution in [0.25, 0.3) is 0 Å². The Hall–Kier alpha value is -2.45. The summed E-state index contributed by atoms with van der Waals surface area (Å²) in [7, 11) is -3.49. The fourth-order valence-corrected chi connectivity index (χ4v) is 4.64. The van der Waals surface area contributed by atoms with Crippen LogP contribution in [0, 0.1) is 6.92 Å². The van der Waals surface area contributed by atoms with Crippen molar-refractivity contribution in [2.75, 3.05) is 17.2 Å². The number of aryl methyl sites for hydroxylation is 1. The summed E-state index contributed by atoms with van der Waals surface area (Å²) in [5.41, 5.74) is 1.95. The van der Waals surface area contributed by atoms with Gasteiger partial charge in [-0.05, 0) is 63.1 Å². The number of sulfonamides is 1. The Balaban J connectivity index is 1.65. The van der Waals surface area contributed by atoms with Crippen LogP contribution >= 0.6 is 0 Å². The van der Waals surface area contributed by atoms with Gasteiger partial charge in [-0.3, -0.25) is 4.98 Å². The van der Waals surface area contributed by atoms with E-state index < -0.39 is 16.1 Å². The van der Waals surface area contributed by atoms with Crippen LogP contribution in [0.2, 0.25) is 0 Å². The number of pyridine rings is 1. The van der Waals surface area contributed by atoms with Crippen molar-refractivity contribution < 1.29 is 13.2 Å². The first-order chi connectivity index (χ1) is 12.4. The van der Waals surface area contributed by atoms with Crippen LogP contribution in [-0.4, -0.2) is 36.3 Å². The molecule has 26 heavy (non-hydrogen) atoms. The summed E-state index contributed by atoms with van der Waals surface area (Å²) < 4.78 is 26.9. The Morgan fingerprint density at radius 2 is 1.77 bits per heavy atom. The maximum absolute atomic E-state index is 12.7. The highest BCUT2D eigenvalue weighted by Gasteiger charge is 2.32. The molecule has 0 aliphatic carbocycles. The van der Waals surface area contributed by atoms with Gasteiger partial charge >= 0.3 is 6.03 Å². The average Bonchev–Trinajstić information content (AvgIpc) is 3.04. The number of urea groups is 1. The SMILES string of the molecule is Cc1ccc(NC(=O)Nc2ccc(S(=O)(=O)N3CCC[C@H]3C)cc2)cn1. The van der Waals surface area contributed by atoms with Crippen molar-refractivity contribution in [2.45, 2.75) is 37.6 Å². The zero-order chi connectivity index (χ0) is 18.7. The van der Waals surface area contributed by atoms with Crippen molar-refractivity contribution in [1.82, 2.24) is 9.29 Å². The minimum atomic E-state index is -3.49. The normalized spacial score (nSPS) is 17.8. The molecule has 1 fully saturated rings. The smallest absolute Gasteiger partial charge is 0.308 e. The molecule has 1 aromatic heterocycles. The molecule has 1 saturated heterocycles. The van der Waals surface area contributed by atoms with Gasteiger partial charge in [-0.25, -0.2) is 13.2 Å². The number of amides is 2. The van der Waals surface area contributed by atoms with Gasteiger partial charge in [-0.2, -0.15) is 4.31 Å². The summed E-state index contributed by atoms with van der Waals surface area (Å²) in [4.78, 5) is 16.4. The van der Waals surface area contributed by atoms with Crippen LogP contribution in [0.3, 0.4) is 0 Å². The average molecular weight is 374 g/mol. The molecule has 2 N–H and O–H groups in total. The highest BCUT2D eigenvalue weighted by molar-refractivity contribution is 7.89. The van der Waals surface area contributed by atoms with Gasteiger partial charge in [0.15, 0.2) is 0 Å². The van der Waals surface area contributed by atoms with Crippen LogP contribution in [0.5, 0.6) is 0 Å². The number of carbonyl (C=O) groups is 1. The maximum Gasteiger partial charge on any atom is 0.323 e. The van der Waals surface area contributed by atoms with Crippen LogP contribution < -0.4 is 10.6 Å². The molecule has 138 valence electrons. The van der Waals surface area contributed by atoms with E-state index >= 15 is 0 Å². The highest BCUT2D eigenvalue weighted by Crippen LogP contribution is 2.26. The molecule has 8 heteroatoms. The number of hydrogen-bond donors (Lipinski definition) is 2. The van der Waals surface area contributed by atoms with Gasteiger partial charge in [0.2, 0.25) is 10.0 Å². The summed E-state index contributed by atoms with van der Waals surface area (Å²) in [5.74, 6) is 0. The van der Waals surface area contributed by atoms with E-state index in [1.54, 1.807) is 30.5 Å². The van der Waals surface area contributed by atoms with Crippen LogP contribution in [0.15, 0.2) is 47.5 Å². The molecule has 2 aromatic rings. The molecule has 0 unspecified atom stereocenters. The Morgan fingerprint density at radius 3 is 2.35 bits per heavy atom. The van der Waals surface area contributed by atoms with E-state index in [9.17, 15) is 13.2 Å². The van der Waals surface area contributed by atoms with Gasteiger partial charge in [-0.15, -0.1) is 0 Å². The van der Waals surface area contributed by atoms with Gasteiger partial charge in [0, 0.05) is 24.0 Å². The molecule has 3 rings (SSSR count). The highest BCUT2D eigenvalue weighted by atomic mass is 32.2. The van der Waals surface area contributed by atoms with E-state index in [4.69, 9.17) is 0 Å². The lowest BCUT2D eigenvalue weighted by Gasteiger charge is -2.21. The van der Waals surface area contributed by atoms with Gasteiger partial charge in [-0.1, -0.05) is 0 Å². The molecule has 0 radical (unpaired) electrons. The summed E-state index contributed by atoms with van der Waals surface area (Å²) in [6.45, 7) is 4.34. The minimum Gasteiger partial charge on any atom is -0.308 e. The van der Waals surface area contributed by atoms with Crippen LogP contribution in [0.4, 0.5) is 16.2 Å². The van der Waals surface area contributed by atoms with Gasteiger partial charge in [0.1, 0.15) is 0 Å². The third kappa shape index (κ3) is 4.03. The van der Waals surface area contributed by atoms with Crippen molar-refractivity contribution in [1.29, 1.82) is 0 Å². The topological polar surface area (TPSA) is 91.4 Å². The number of carbonyl (C=O) groups excluding carboxylic acids is 1. The Labute approximate surface area is 153 Å². The molecular weight excluding hydrogens is 352 g/mol. The van der Waals surface area contributed by atoms with E-state index in [0.717, 1.165) is 18.5 Å². The summed E-state index contributed by atoms with van der Waals surface area (Å²) in [6, 6.07) is 9.36. The molecule has 0 saturated carbocycles. The van der Waals surface area contributed by atoms with Crippen LogP contribution in [0.1, 0.15) is 25.5 Å². The first-order valence-corrected chi connectivity index (χ1v) is 9.93. The minimum absolute atomic E-state index is 0.0201. The molecule has 1 aromatic carbocycles. The quantitative estimate of drug-likeness (QED) is 0.860. The van der Waals surface area contributed by atoms with Crippen molar-refractivity contribution in [2.24, 2.45) is 0 Å². The second-order valence-corrected chi connectivity index (χ2v) is 8.29. The third-order valence-corrected chi connectivity index (χ3v) is 6.41. The zero-order valence-electron chi connectivity index (χ0n) is 14.8. The molecule has 1 aliphatic rings. The molecular formula is C18H22N4O3S. The number of benzene rings is 1. The van der Waals surface area contributed by atoms with Crippen molar-refractivity contribution in [3.05, 3.63) is 48.3 Å². The van der Waals surface area contributed by atoms with Crippen molar-refractivity contribution in [3.63, 3.8) is 0 Å². The van der Waals surface area contributed by atoms with Crippen molar-refractivity contribution in [3.8, 4) is 0 Å². The number of hydrogen-bond acceptors (Lipinski definition) is 4. The largest absolute Gasteiger partial charge is 0.323 e. The molecule has 2 amide bonds. The van der Waals surface area contributed by atoms with Crippen molar-refractivity contribution >= 4 is 27.4 Å². The van der Waals surface area contributed by atoms with Gasteiger partial charge in [0.05, 0.1) is 16.8 Å². The Morgan fingerprint density at radius 1 is 1.12 bits per heavy atom. The van der Waals surface area contributed by atoms with Gasteiger partial charge in [0.25, 0.3) is 0 Å².